The Balaban J connectivity index is 2.14. The molecule has 0 spiro atoms. The maximum atomic E-state index is 11.4. The van der Waals surface area contributed by atoms with E-state index in [1.165, 1.54) is 16.7 Å². The average molecular weight is 239 g/mol. The molecule has 1 heterocycles. The van der Waals surface area contributed by atoms with E-state index in [2.05, 4.69) is 18.0 Å². The minimum absolute atomic E-state index is 0.123. The molecule has 0 amide bonds. The molecule has 2 heteroatoms. The molecule has 0 radical (unpaired) electrons. The van der Waals surface area contributed by atoms with Gasteiger partial charge >= 0.3 is 0 Å². The van der Waals surface area contributed by atoms with E-state index < -0.39 is 0 Å². The SMILES string of the molecule is CC(=O)c1ccc(C)c(CCc2cccnc2)c1. The molecule has 18 heavy (non-hydrogen) atoms. The first-order chi connectivity index (χ1) is 8.66. The highest BCUT2D eigenvalue weighted by atomic mass is 16.1. The summed E-state index contributed by atoms with van der Waals surface area (Å²) in [7, 11) is 0. The molecule has 2 nitrogen and oxygen atoms in total. The molecular formula is C16H17NO. The number of carbonyl (C=O) groups excluding carboxylic acids is 1. The van der Waals surface area contributed by atoms with Crippen LogP contribution in [-0.2, 0) is 12.8 Å². The van der Waals surface area contributed by atoms with Crippen LogP contribution in [-0.4, -0.2) is 10.8 Å². The lowest BCUT2D eigenvalue weighted by Crippen LogP contribution is -1.99. The van der Waals surface area contributed by atoms with Gasteiger partial charge in [0.1, 0.15) is 0 Å². The lowest BCUT2D eigenvalue weighted by Gasteiger charge is -2.07. The van der Waals surface area contributed by atoms with Crippen molar-refractivity contribution in [1.29, 1.82) is 0 Å². The summed E-state index contributed by atoms with van der Waals surface area (Å²) in [5.74, 6) is 0.123. The third-order valence-electron chi connectivity index (χ3n) is 3.16. The minimum atomic E-state index is 0.123. The van der Waals surface area contributed by atoms with Crippen molar-refractivity contribution in [2.24, 2.45) is 0 Å². The Bertz CT molecular complexity index is 546. The normalized spacial score (nSPS) is 10.3. The number of hydrogen-bond acceptors (Lipinski definition) is 2. The van der Waals surface area contributed by atoms with E-state index in [4.69, 9.17) is 0 Å². The van der Waals surface area contributed by atoms with Gasteiger partial charge in [0, 0.05) is 18.0 Å². The molecule has 0 aliphatic heterocycles. The Kier molecular flexibility index (Phi) is 3.88. The maximum Gasteiger partial charge on any atom is 0.159 e. The first-order valence-corrected chi connectivity index (χ1v) is 6.16. The number of benzene rings is 1. The van der Waals surface area contributed by atoms with E-state index >= 15 is 0 Å². The molecule has 0 unspecified atom stereocenters. The highest BCUT2D eigenvalue weighted by molar-refractivity contribution is 5.94. The van der Waals surface area contributed by atoms with Crippen LogP contribution in [0.4, 0.5) is 0 Å². The number of Topliss-reactive ketones (excluding diaryl/α,β-unsaturated/α-hetero) is 1. The fourth-order valence-corrected chi connectivity index (χ4v) is 1.98. The van der Waals surface area contributed by atoms with Crippen LogP contribution in [0.2, 0.25) is 0 Å². The van der Waals surface area contributed by atoms with Gasteiger partial charge in [-0.3, -0.25) is 9.78 Å². The zero-order chi connectivity index (χ0) is 13.0. The van der Waals surface area contributed by atoms with Crippen molar-refractivity contribution < 1.29 is 4.79 Å². The average Bonchev–Trinajstić information content (AvgIpc) is 2.38. The van der Waals surface area contributed by atoms with Crippen molar-refractivity contribution in [2.45, 2.75) is 26.7 Å². The molecule has 0 N–H and O–H groups in total. The van der Waals surface area contributed by atoms with Gasteiger partial charge in [0.2, 0.25) is 0 Å². The summed E-state index contributed by atoms with van der Waals surface area (Å²) in [6.45, 7) is 3.69. The molecule has 0 bridgehead atoms. The van der Waals surface area contributed by atoms with Crippen molar-refractivity contribution in [2.75, 3.05) is 0 Å². The van der Waals surface area contributed by atoms with Crippen LogP contribution in [0.15, 0.2) is 42.7 Å². The van der Waals surface area contributed by atoms with Crippen LogP contribution in [0.3, 0.4) is 0 Å². The predicted octanol–water partition coefficient (Wildman–Crippen LogP) is 3.38. The van der Waals surface area contributed by atoms with Gasteiger partial charge in [-0.25, -0.2) is 0 Å². The van der Waals surface area contributed by atoms with Crippen molar-refractivity contribution in [3.8, 4) is 0 Å². The first kappa shape index (κ1) is 12.5. The van der Waals surface area contributed by atoms with Crippen molar-refractivity contribution in [3.05, 3.63) is 65.0 Å². The fourth-order valence-electron chi connectivity index (χ4n) is 1.98. The molecule has 1 aromatic heterocycles. The minimum Gasteiger partial charge on any atom is -0.295 e. The number of rotatable bonds is 4. The molecule has 0 atom stereocenters. The Labute approximate surface area is 108 Å². The summed E-state index contributed by atoms with van der Waals surface area (Å²) in [5.41, 5.74) is 4.50. The van der Waals surface area contributed by atoms with Gasteiger partial charge in [-0.2, -0.15) is 0 Å². The number of aromatic nitrogens is 1. The van der Waals surface area contributed by atoms with Gasteiger partial charge in [0.15, 0.2) is 5.78 Å². The second-order valence-electron chi connectivity index (χ2n) is 4.56. The molecule has 2 rings (SSSR count). The van der Waals surface area contributed by atoms with Crippen LogP contribution >= 0.6 is 0 Å². The number of hydrogen-bond donors (Lipinski definition) is 0. The Morgan fingerprint density at radius 1 is 1.22 bits per heavy atom. The van der Waals surface area contributed by atoms with E-state index in [-0.39, 0.29) is 5.78 Å². The number of carbonyl (C=O) groups is 1. The zero-order valence-corrected chi connectivity index (χ0v) is 10.8. The largest absolute Gasteiger partial charge is 0.295 e. The smallest absolute Gasteiger partial charge is 0.159 e. The van der Waals surface area contributed by atoms with E-state index in [0.717, 1.165) is 18.4 Å². The van der Waals surface area contributed by atoms with Crippen LogP contribution in [0.5, 0.6) is 0 Å². The number of nitrogens with zero attached hydrogens (tertiary/aromatic N) is 1. The topological polar surface area (TPSA) is 30.0 Å². The molecule has 92 valence electrons. The summed E-state index contributed by atoms with van der Waals surface area (Å²) >= 11 is 0. The molecule has 0 saturated carbocycles. The Morgan fingerprint density at radius 3 is 2.72 bits per heavy atom. The highest BCUT2D eigenvalue weighted by Crippen LogP contribution is 2.14. The summed E-state index contributed by atoms with van der Waals surface area (Å²) < 4.78 is 0. The van der Waals surface area contributed by atoms with Crippen molar-refractivity contribution in [1.82, 2.24) is 4.98 Å². The molecule has 0 fully saturated rings. The lowest BCUT2D eigenvalue weighted by atomic mass is 9.98. The van der Waals surface area contributed by atoms with Crippen LogP contribution in [0.1, 0.15) is 34.0 Å². The van der Waals surface area contributed by atoms with Crippen molar-refractivity contribution in [3.63, 3.8) is 0 Å². The number of ketones is 1. The van der Waals surface area contributed by atoms with Crippen LogP contribution < -0.4 is 0 Å². The Morgan fingerprint density at radius 2 is 2.06 bits per heavy atom. The third-order valence-corrected chi connectivity index (χ3v) is 3.16. The third kappa shape index (κ3) is 3.04. The quantitative estimate of drug-likeness (QED) is 0.766. The van der Waals surface area contributed by atoms with Gasteiger partial charge < -0.3 is 0 Å². The summed E-state index contributed by atoms with van der Waals surface area (Å²) in [5, 5.41) is 0. The molecular weight excluding hydrogens is 222 g/mol. The van der Waals surface area contributed by atoms with E-state index in [9.17, 15) is 4.79 Å². The summed E-state index contributed by atoms with van der Waals surface area (Å²) in [6.07, 6.45) is 5.57. The van der Waals surface area contributed by atoms with Crippen LogP contribution in [0.25, 0.3) is 0 Å². The van der Waals surface area contributed by atoms with Gasteiger partial charge in [0.25, 0.3) is 0 Å². The lowest BCUT2D eigenvalue weighted by molar-refractivity contribution is 0.101. The molecule has 0 aliphatic carbocycles. The fraction of sp³-hybridized carbons (Fsp3) is 0.250. The van der Waals surface area contributed by atoms with Gasteiger partial charge in [-0.1, -0.05) is 18.2 Å². The van der Waals surface area contributed by atoms with E-state index in [0.29, 0.717) is 0 Å². The summed E-state index contributed by atoms with van der Waals surface area (Å²) in [6, 6.07) is 9.96. The van der Waals surface area contributed by atoms with E-state index in [1.807, 2.05) is 30.5 Å². The van der Waals surface area contributed by atoms with Gasteiger partial charge in [-0.05, 0) is 55.5 Å². The molecule has 0 saturated heterocycles. The standard InChI is InChI=1S/C16H17NO/c1-12-5-7-16(13(2)18)10-15(12)8-6-14-4-3-9-17-11-14/h3-5,7,9-11H,6,8H2,1-2H3. The van der Waals surface area contributed by atoms with Gasteiger partial charge in [-0.15, -0.1) is 0 Å². The van der Waals surface area contributed by atoms with E-state index in [1.54, 1.807) is 13.1 Å². The second-order valence-corrected chi connectivity index (χ2v) is 4.56. The van der Waals surface area contributed by atoms with Gasteiger partial charge in [0.05, 0.1) is 0 Å². The number of aryl methyl sites for hydroxylation is 3. The van der Waals surface area contributed by atoms with Crippen molar-refractivity contribution >= 4 is 5.78 Å². The summed E-state index contributed by atoms with van der Waals surface area (Å²) in [4.78, 5) is 15.5. The monoisotopic (exact) mass is 239 g/mol. The predicted molar refractivity (Wildman–Crippen MR) is 72.8 cm³/mol. The molecule has 1 aromatic carbocycles. The molecule has 2 aromatic rings. The maximum absolute atomic E-state index is 11.4. The second kappa shape index (κ2) is 5.58. The number of pyridine rings is 1. The van der Waals surface area contributed by atoms with Crippen LogP contribution in [0, 0.1) is 6.92 Å². The molecule has 0 aliphatic rings. The Hall–Kier alpha value is -1.96. The highest BCUT2D eigenvalue weighted by Gasteiger charge is 2.04. The first-order valence-electron chi connectivity index (χ1n) is 6.16. The zero-order valence-electron chi connectivity index (χ0n) is 10.8.